The number of rotatable bonds is 9. The molecule has 0 aliphatic heterocycles. The molecule has 0 heterocycles. The van der Waals surface area contributed by atoms with Gasteiger partial charge in [0.25, 0.3) is 5.91 Å². The summed E-state index contributed by atoms with van der Waals surface area (Å²) < 4.78 is 5.40. The zero-order valence-corrected chi connectivity index (χ0v) is 24.4. The van der Waals surface area contributed by atoms with Gasteiger partial charge < -0.3 is 25.4 Å². The average Bonchev–Trinajstić information content (AvgIpc) is 2.86. The number of aliphatic hydroxyl groups is 1. The van der Waals surface area contributed by atoms with Crippen LogP contribution in [0.2, 0.25) is 0 Å². The quantitative estimate of drug-likeness (QED) is 0.328. The van der Waals surface area contributed by atoms with Crippen LogP contribution in [0.25, 0.3) is 10.8 Å². The third-order valence-electron chi connectivity index (χ3n) is 6.53. The Morgan fingerprint density at radius 3 is 2.23 bits per heavy atom. The van der Waals surface area contributed by atoms with Crippen molar-refractivity contribution in [3.05, 3.63) is 77.4 Å². The number of ether oxygens (including phenoxy) is 1. The summed E-state index contributed by atoms with van der Waals surface area (Å²) in [6.07, 6.45) is -0.729. The van der Waals surface area contributed by atoms with E-state index < -0.39 is 35.6 Å². The Labute approximate surface area is 236 Å². The third kappa shape index (κ3) is 7.82. The number of carbonyl (C=O) groups excluding carboxylic acids is 3. The van der Waals surface area contributed by atoms with Crippen LogP contribution in [-0.2, 0) is 14.3 Å². The van der Waals surface area contributed by atoms with Crippen LogP contribution in [0.1, 0.15) is 57.4 Å². The van der Waals surface area contributed by atoms with Crippen molar-refractivity contribution in [1.82, 2.24) is 10.2 Å². The Balaban J connectivity index is 2.03. The number of anilines is 1. The van der Waals surface area contributed by atoms with Gasteiger partial charge >= 0.3 is 6.09 Å². The molecule has 3 aromatic rings. The maximum absolute atomic E-state index is 14.1. The van der Waals surface area contributed by atoms with Gasteiger partial charge in [-0.1, -0.05) is 67.9 Å². The Kier molecular flexibility index (Phi) is 9.93. The van der Waals surface area contributed by atoms with Gasteiger partial charge in [0, 0.05) is 12.2 Å². The number of carbonyl (C=O) groups is 3. The molecule has 0 aromatic heterocycles. The Bertz CT molecular complexity index is 1360. The van der Waals surface area contributed by atoms with E-state index >= 15 is 0 Å². The SMILES string of the molecule is Cc1ccc(C(C(=O)Nc2ccc3ccccc3c2)N(CCO)C(=O)C(NC(=O)OC(C)(C)C)C(C)C)c(C)c1. The van der Waals surface area contributed by atoms with E-state index in [1.807, 2.05) is 74.5 Å². The van der Waals surface area contributed by atoms with Crippen molar-refractivity contribution in [2.75, 3.05) is 18.5 Å². The van der Waals surface area contributed by atoms with Crippen molar-refractivity contribution >= 4 is 34.4 Å². The molecule has 0 bridgehead atoms. The van der Waals surface area contributed by atoms with Gasteiger partial charge in [0.05, 0.1) is 6.61 Å². The lowest BCUT2D eigenvalue weighted by Gasteiger charge is -2.35. The highest BCUT2D eigenvalue weighted by Crippen LogP contribution is 2.29. The van der Waals surface area contributed by atoms with E-state index in [0.717, 1.165) is 21.9 Å². The molecular formula is C32H41N3O5. The van der Waals surface area contributed by atoms with Gasteiger partial charge in [0.1, 0.15) is 17.7 Å². The molecule has 3 aromatic carbocycles. The molecular weight excluding hydrogens is 506 g/mol. The molecule has 8 nitrogen and oxygen atoms in total. The van der Waals surface area contributed by atoms with Crippen LogP contribution >= 0.6 is 0 Å². The van der Waals surface area contributed by atoms with Crippen LogP contribution in [0.4, 0.5) is 10.5 Å². The summed E-state index contributed by atoms with van der Waals surface area (Å²) in [4.78, 5) is 42.1. The summed E-state index contributed by atoms with van der Waals surface area (Å²) in [5.74, 6) is -1.23. The maximum Gasteiger partial charge on any atom is 0.408 e. The van der Waals surface area contributed by atoms with E-state index in [0.29, 0.717) is 11.3 Å². The summed E-state index contributed by atoms with van der Waals surface area (Å²) in [6.45, 7) is 12.2. The van der Waals surface area contributed by atoms with Crippen molar-refractivity contribution in [2.24, 2.45) is 5.92 Å². The topological polar surface area (TPSA) is 108 Å². The van der Waals surface area contributed by atoms with E-state index in [1.54, 1.807) is 34.6 Å². The number of fused-ring (bicyclic) bond motifs is 1. The number of hydrogen-bond donors (Lipinski definition) is 3. The second kappa shape index (κ2) is 13.0. The van der Waals surface area contributed by atoms with Gasteiger partial charge in [-0.3, -0.25) is 9.59 Å². The highest BCUT2D eigenvalue weighted by molar-refractivity contribution is 6.00. The second-order valence-electron chi connectivity index (χ2n) is 11.4. The second-order valence-corrected chi connectivity index (χ2v) is 11.4. The van der Waals surface area contributed by atoms with Crippen molar-refractivity contribution in [2.45, 2.75) is 66.2 Å². The van der Waals surface area contributed by atoms with Gasteiger partial charge in [-0.2, -0.15) is 0 Å². The van der Waals surface area contributed by atoms with Gasteiger partial charge in [-0.05, 0) is 74.6 Å². The number of amides is 3. The fourth-order valence-electron chi connectivity index (χ4n) is 4.66. The molecule has 0 radical (unpaired) electrons. The fourth-order valence-corrected chi connectivity index (χ4v) is 4.66. The lowest BCUT2D eigenvalue weighted by atomic mass is 9.95. The van der Waals surface area contributed by atoms with Crippen LogP contribution in [-0.4, -0.2) is 52.7 Å². The van der Waals surface area contributed by atoms with Crippen LogP contribution < -0.4 is 10.6 Å². The number of hydrogen-bond acceptors (Lipinski definition) is 5. The molecule has 40 heavy (non-hydrogen) atoms. The summed E-state index contributed by atoms with van der Waals surface area (Å²) in [5, 5.41) is 17.7. The summed E-state index contributed by atoms with van der Waals surface area (Å²) >= 11 is 0. The first-order chi connectivity index (χ1) is 18.8. The molecule has 8 heteroatoms. The van der Waals surface area contributed by atoms with Gasteiger partial charge in [-0.25, -0.2) is 4.79 Å². The summed E-state index contributed by atoms with van der Waals surface area (Å²) in [7, 11) is 0. The number of benzene rings is 3. The minimum absolute atomic E-state index is 0.110. The molecule has 0 fully saturated rings. The molecule has 2 unspecified atom stereocenters. The molecule has 0 saturated heterocycles. The smallest absolute Gasteiger partial charge is 0.408 e. The Morgan fingerprint density at radius 1 is 0.950 bits per heavy atom. The van der Waals surface area contributed by atoms with Crippen LogP contribution in [0.3, 0.4) is 0 Å². The molecule has 0 spiro atoms. The first kappa shape index (κ1) is 30.6. The highest BCUT2D eigenvalue weighted by Gasteiger charge is 2.38. The minimum Gasteiger partial charge on any atom is -0.444 e. The zero-order chi connectivity index (χ0) is 29.6. The minimum atomic E-state index is -1.06. The number of aliphatic hydroxyl groups excluding tert-OH is 1. The zero-order valence-electron chi connectivity index (χ0n) is 24.4. The first-order valence-electron chi connectivity index (χ1n) is 13.6. The lowest BCUT2D eigenvalue weighted by Crippen LogP contribution is -2.55. The monoisotopic (exact) mass is 547 g/mol. The molecule has 3 amide bonds. The van der Waals surface area contributed by atoms with E-state index in [2.05, 4.69) is 10.6 Å². The molecule has 214 valence electrons. The molecule has 3 N–H and O–H groups in total. The first-order valence-corrected chi connectivity index (χ1v) is 13.6. The Hall–Kier alpha value is -3.91. The molecule has 2 atom stereocenters. The van der Waals surface area contributed by atoms with Crippen LogP contribution in [0.5, 0.6) is 0 Å². The summed E-state index contributed by atoms with van der Waals surface area (Å²) in [5.41, 5.74) is 2.31. The van der Waals surface area contributed by atoms with E-state index in [9.17, 15) is 19.5 Å². The van der Waals surface area contributed by atoms with Gasteiger partial charge in [0.15, 0.2) is 0 Å². The fraction of sp³-hybridized carbons (Fsp3) is 0.406. The van der Waals surface area contributed by atoms with E-state index in [4.69, 9.17) is 4.74 Å². The van der Waals surface area contributed by atoms with Gasteiger partial charge in [-0.15, -0.1) is 0 Å². The van der Waals surface area contributed by atoms with Crippen molar-refractivity contribution in [3.8, 4) is 0 Å². The van der Waals surface area contributed by atoms with Crippen molar-refractivity contribution in [1.29, 1.82) is 0 Å². The van der Waals surface area contributed by atoms with Gasteiger partial charge in [0.2, 0.25) is 5.91 Å². The predicted molar refractivity (Wildman–Crippen MR) is 158 cm³/mol. The van der Waals surface area contributed by atoms with E-state index in [-0.39, 0.29) is 19.1 Å². The standard InChI is InChI=1S/C32H41N3O5/c1-20(2)27(34-31(39)40-32(5,6)7)30(38)35(16-17-36)28(26-15-12-21(3)18-22(26)4)29(37)33-25-14-13-23-10-8-9-11-24(23)19-25/h8-15,18-20,27-28,36H,16-17H2,1-7H3,(H,33,37)(H,34,39). The predicted octanol–water partition coefficient (Wildman–Crippen LogP) is 5.51. The highest BCUT2D eigenvalue weighted by atomic mass is 16.6. The Morgan fingerprint density at radius 2 is 1.62 bits per heavy atom. The van der Waals surface area contributed by atoms with E-state index in [1.165, 1.54) is 4.90 Å². The number of nitrogens with zero attached hydrogens (tertiary/aromatic N) is 1. The lowest BCUT2D eigenvalue weighted by molar-refractivity contribution is -0.142. The molecule has 0 saturated carbocycles. The van der Waals surface area contributed by atoms with Crippen LogP contribution in [0, 0.1) is 19.8 Å². The van der Waals surface area contributed by atoms with Crippen molar-refractivity contribution < 1.29 is 24.2 Å². The average molecular weight is 548 g/mol. The van der Waals surface area contributed by atoms with Crippen LogP contribution in [0.15, 0.2) is 60.7 Å². The molecule has 0 aliphatic carbocycles. The number of nitrogens with one attached hydrogen (secondary N) is 2. The third-order valence-corrected chi connectivity index (χ3v) is 6.53. The molecule has 3 rings (SSSR count). The largest absolute Gasteiger partial charge is 0.444 e. The number of aryl methyl sites for hydroxylation is 2. The molecule has 0 aliphatic rings. The summed E-state index contributed by atoms with van der Waals surface area (Å²) in [6, 6.07) is 17.1. The number of alkyl carbamates (subject to hydrolysis) is 1. The van der Waals surface area contributed by atoms with Crippen molar-refractivity contribution in [3.63, 3.8) is 0 Å². The maximum atomic E-state index is 14.1. The normalized spacial score (nSPS) is 13.0.